The second kappa shape index (κ2) is 11.7. The smallest absolute Gasteiger partial charge is 0.193 e. The number of halogens is 1. The molecule has 2 atom stereocenters. The number of guanidine groups is 1. The Morgan fingerprint density at radius 2 is 2.15 bits per heavy atom. The summed E-state index contributed by atoms with van der Waals surface area (Å²) in [7, 11) is 1.84. The predicted molar refractivity (Wildman–Crippen MR) is 118 cm³/mol. The third-order valence-corrected chi connectivity index (χ3v) is 4.89. The molecule has 7 heteroatoms. The van der Waals surface area contributed by atoms with Crippen LogP contribution < -0.4 is 10.1 Å². The number of nitrogens with one attached hydrogen (secondary N) is 1. The van der Waals surface area contributed by atoms with Crippen molar-refractivity contribution in [1.29, 1.82) is 0 Å². The Morgan fingerprint density at radius 1 is 1.30 bits per heavy atom. The average molecular weight is 489 g/mol. The van der Waals surface area contributed by atoms with Crippen LogP contribution in [0.2, 0.25) is 0 Å². The van der Waals surface area contributed by atoms with E-state index in [1.165, 1.54) is 5.56 Å². The molecular weight excluding hydrogens is 457 g/mol. The Morgan fingerprint density at radius 3 is 2.89 bits per heavy atom. The van der Waals surface area contributed by atoms with Crippen molar-refractivity contribution in [3.8, 4) is 5.75 Å². The molecule has 152 valence electrons. The SMILES string of the molecule is CCOc1cccc(CCNC(=NC)N2CCOC(C3CCCO3)C2)c1.I. The van der Waals surface area contributed by atoms with Gasteiger partial charge in [-0.05, 0) is 43.9 Å². The van der Waals surface area contributed by atoms with Gasteiger partial charge in [-0.25, -0.2) is 0 Å². The van der Waals surface area contributed by atoms with Crippen LogP contribution in [0.5, 0.6) is 5.75 Å². The molecule has 3 rings (SSSR count). The molecule has 0 saturated carbocycles. The zero-order valence-electron chi connectivity index (χ0n) is 16.4. The van der Waals surface area contributed by atoms with Gasteiger partial charge < -0.3 is 24.4 Å². The van der Waals surface area contributed by atoms with Crippen molar-refractivity contribution in [2.75, 3.05) is 46.5 Å². The Kier molecular flexibility index (Phi) is 9.64. The van der Waals surface area contributed by atoms with Crippen LogP contribution in [-0.2, 0) is 15.9 Å². The van der Waals surface area contributed by atoms with Crippen LogP contribution in [0, 0.1) is 0 Å². The number of aliphatic imine (C=N–C) groups is 1. The topological polar surface area (TPSA) is 55.3 Å². The average Bonchev–Trinajstić information content (AvgIpc) is 3.21. The van der Waals surface area contributed by atoms with Crippen molar-refractivity contribution < 1.29 is 14.2 Å². The predicted octanol–water partition coefficient (Wildman–Crippen LogP) is 2.70. The first-order valence-electron chi connectivity index (χ1n) is 9.70. The summed E-state index contributed by atoms with van der Waals surface area (Å²) in [5.74, 6) is 1.87. The number of hydrogen-bond donors (Lipinski definition) is 1. The minimum absolute atomic E-state index is 0. The molecule has 0 amide bonds. The highest BCUT2D eigenvalue weighted by atomic mass is 127. The molecule has 0 aliphatic carbocycles. The first-order chi connectivity index (χ1) is 12.8. The molecular formula is C20H32IN3O3. The minimum Gasteiger partial charge on any atom is -0.494 e. The van der Waals surface area contributed by atoms with E-state index in [0.717, 1.165) is 63.8 Å². The summed E-state index contributed by atoms with van der Waals surface area (Å²) in [6.45, 7) is 6.82. The largest absolute Gasteiger partial charge is 0.494 e. The van der Waals surface area contributed by atoms with Gasteiger partial charge in [0.15, 0.2) is 5.96 Å². The van der Waals surface area contributed by atoms with Crippen LogP contribution in [0.1, 0.15) is 25.3 Å². The maximum atomic E-state index is 5.93. The number of hydrogen-bond acceptors (Lipinski definition) is 4. The molecule has 2 saturated heterocycles. The minimum atomic E-state index is 0. The zero-order chi connectivity index (χ0) is 18.2. The molecule has 2 unspecified atom stereocenters. The molecule has 0 radical (unpaired) electrons. The van der Waals surface area contributed by atoms with Gasteiger partial charge in [0.05, 0.1) is 19.3 Å². The van der Waals surface area contributed by atoms with Crippen molar-refractivity contribution in [1.82, 2.24) is 10.2 Å². The van der Waals surface area contributed by atoms with Crippen LogP contribution in [-0.4, -0.2) is 69.6 Å². The van der Waals surface area contributed by atoms with Crippen molar-refractivity contribution in [2.24, 2.45) is 4.99 Å². The third kappa shape index (κ3) is 6.50. The molecule has 6 nitrogen and oxygen atoms in total. The van der Waals surface area contributed by atoms with Gasteiger partial charge in [0.1, 0.15) is 11.9 Å². The zero-order valence-corrected chi connectivity index (χ0v) is 18.7. The monoisotopic (exact) mass is 489 g/mol. The van der Waals surface area contributed by atoms with Crippen LogP contribution in [0.25, 0.3) is 0 Å². The first-order valence-corrected chi connectivity index (χ1v) is 9.70. The molecule has 0 aromatic heterocycles. The second-order valence-corrected chi connectivity index (χ2v) is 6.71. The summed E-state index contributed by atoms with van der Waals surface area (Å²) in [5.41, 5.74) is 1.26. The fourth-order valence-electron chi connectivity index (χ4n) is 3.60. The third-order valence-electron chi connectivity index (χ3n) is 4.89. The van der Waals surface area contributed by atoms with Crippen molar-refractivity contribution in [3.05, 3.63) is 29.8 Å². The van der Waals surface area contributed by atoms with E-state index in [4.69, 9.17) is 14.2 Å². The summed E-state index contributed by atoms with van der Waals surface area (Å²) in [4.78, 5) is 6.75. The number of morpholine rings is 1. The molecule has 1 aromatic carbocycles. The number of nitrogens with zero attached hydrogens (tertiary/aromatic N) is 2. The summed E-state index contributed by atoms with van der Waals surface area (Å²) in [5, 5.41) is 3.49. The fraction of sp³-hybridized carbons (Fsp3) is 0.650. The molecule has 2 fully saturated rings. The van der Waals surface area contributed by atoms with Crippen LogP contribution in [0.3, 0.4) is 0 Å². The van der Waals surface area contributed by atoms with Gasteiger partial charge in [0.2, 0.25) is 0 Å². The number of benzene rings is 1. The van der Waals surface area contributed by atoms with Gasteiger partial charge in [-0.15, -0.1) is 24.0 Å². The molecule has 0 bridgehead atoms. The highest BCUT2D eigenvalue weighted by Crippen LogP contribution is 2.21. The van der Waals surface area contributed by atoms with E-state index in [1.807, 2.05) is 26.1 Å². The summed E-state index contributed by atoms with van der Waals surface area (Å²) >= 11 is 0. The standard InChI is InChI=1S/C20H31N3O3.HI/c1-3-24-17-7-4-6-16(14-17)9-10-22-20(21-2)23-11-13-26-19(15-23)18-8-5-12-25-18;/h4,6-7,14,18-19H,3,5,8-13,15H2,1-2H3,(H,21,22);1H. The highest BCUT2D eigenvalue weighted by Gasteiger charge is 2.32. The molecule has 1 aromatic rings. The molecule has 0 spiro atoms. The normalized spacial score (nSPS) is 23.0. The molecule has 2 aliphatic rings. The molecule has 2 heterocycles. The van der Waals surface area contributed by atoms with Crippen molar-refractivity contribution >= 4 is 29.9 Å². The molecule has 1 N–H and O–H groups in total. The molecule has 2 aliphatic heterocycles. The van der Waals surface area contributed by atoms with Crippen LogP contribution >= 0.6 is 24.0 Å². The summed E-state index contributed by atoms with van der Waals surface area (Å²) in [6.07, 6.45) is 3.54. The van der Waals surface area contributed by atoms with E-state index in [-0.39, 0.29) is 36.2 Å². The van der Waals surface area contributed by atoms with Crippen molar-refractivity contribution in [3.63, 3.8) is 0 Å². The van der Waals surface area contributed by atoms with E-state index >= 15 is 0 Å². The van der Waals surface area contributed by atoms with Gasteiger partial charge in [0.25, 0.3) is 0 Å². The van der Waals surface area contributed by atoms with E-state index < -0.39 is 0 Å². The Balaban J connectivity index is 0.00000261. The van der Waals surface area contributed by atoms with Gasteiger partial charge in [0, 0.05) is 33.3 Å². The summed E-state index contributed by atoms with van der Waals surface area (Å²) in [6, 6.07) is 8.28. The van der Waals surface area contributed by atoms with E-state index in [0.29, 0.717) is 6.61 Å². The van der Waals surface area contributed by atoms with Gasteiger partial charge in [-0.1, -0.05) is 12.1 Å². The lowest BCUT2D eigenvalue weighted by atomic mass is 10.1. The Bertz CT molecular complexity index is 594. The Hall–Kier alpha value is -1.06. The van der Waals surface area contributed by atoms with Crippen LogP contribution in [0.15, 0.2) is 29.3 Å². The number of ether oxygens (including phenoxy) is 3. The van der Waals surface area contributed by atoms with Gasteiger partial charge in [-0.2, -0.15) is 0 Å². The maximum Gasteiger partial charge on any atom is 0.193 e. The number of rotatable bonds is 6. The van der Waals surface area contributed by atoms with E-state index in [1.54, 1.807) is 0 Å². The highest BCUT2D eigenvalue weighted by molar-refractivity contribution is 14.0. The van der Waals surface area contributed by atoms with E-state index in [2.05, 4.69) is 27.3 Å². The Labute approximate surface area is 179 Å². The lowest BCUT2D eigenvalue weighted by Crippen LogP contribution is -2.53. The molecule has 27 heavy (non-hydrogen) atoms. The lowest BCUT2D eigenvalue weighted by molar-refractivity contribution is -0.0816. The van der Waals surface area contributed by atoms with Crippen molar-refractivity contribution in [2.45, 2.75) is 38.4 Å². The maximum absolute atomic E-state index is 5.93. The van der Waals surface area contributed by atoms with Gasteiger partial charge in [-0.3, -0.25) is 4.99 Å². The van der Waals surface area contributed by atoms with Gasteiger partial charge >= 0.3 is 0 Å². The van der Waals surface area contributed by atoms with E-state index in [9.17, 15) is 0 Å². The first kappa shape index (κ1) is 22.2. The second-order valence-electron chi connectivity index (χ2n) is 6.71. The van der Waals surface area contributed by atoms with Crippen LogP contribution in [0.4, 0.5) is 0 Å². The quantitative estimate of drug-likeness (QED) is 0.379. The fourth-order valence-corrected chi connectivity index (χ4v) is 3.60. The lowest BCUT2D eigenvalue weighted by Gasteiger charge is -2.37. The summed E-state index contributed by atoms with van der Waals surface area (Å²) < 4.78 is 17.3.